The van der Waals surface area contributed by atoms with Crippen molar-refractivity contribution in [3.05, 3.63) is 0 Å². The van der Waals surface area contributed by atoms with E-state index in [0.717, 1.165) is 45.6 Å². The van der Waals surface area contributed by atoms with Crippen LogP contribution in [0.25, 0.3) is 0 Å². The average molecular weight is 255 g/mol. The number of methoxy groups -OCH3 is 1. The number of nitrogens with zero attached hydrogens (tertiary/aromatic N) is 2. The van der Waals surface area contributed by atoms with Crippen molar-refractivity contribution < 1.29 is 9.53 Å². The fourth-order valence-corrected chi connectivity index (χ4v) is 2.78. The lowest BCUT2D eigenvalue weighted by atomic mass is 9.93. The maximum atomic E-state index is 11.9. The van der Waals surface area contributed by atoms with Gasteiger partial charge in [0.25, 0.3) is 0 Å². The summed E-state index contributed by atoms with van der Waals surface area (Å²) in [6.45, 7) is 8.05. The third-order valence-electron chi connectivity index (χ3n) is 4.27. The van der Waals surface area contributed by atoms with Gasteiger partial charge in [-0.15, -0.1) is 0 Å². The van der Waals surface area contributed by atoms with E-state index in [9.17, 15) is 4.79 Å². The Bertz CT molecular complexity index is 299. The predicted molar refractivity (Wildman–Crippen MR) is 70.2 cm³/mol. The Morgan fingerprint density at radius 2 is 1.83 bits per heavy atom. The second kappa shape index (κ2) is 5.55. The highest BCUT2D eigenvalue weighted by atomic mass is 16.5. The van der Waals surface area contributed by atoms with E-state index in [-0.39, 0.29) is 5.97 Å². The van der Waals surface area contributed by atoms with E-state index in [0.29, 0.717) is 12.5 Å². The van der Waals surface area contributed by atoms with Gasteiger partial charge >= 0.3 is 5.97 Å². The fraction of sp³-hybridized carbons (Fsp3) is 0.923. The van der Waals surface area contributed by atoms with Crippen LogP contribution in [0, 0.1) is 5.92 Å². The van der Waals surface area contributed by atoms with Crippen molar-refractivity contribution >= 4 is 5.97 Å². The smallest absolute Gasteiger partial charge is 0.327 e. The molecule has 1 aliphatic heterocycles. The van der Waals surface area contributed by atoms with Gasteiger partial charge < -0.3 is 15.4 Å². The van der Waals surface area contributed by atoms with Gasteiger partial charge in [0.05, 0.1) is 7.11 Å². The number of carbonyl (C=O) groups is 1. The second-order valence-electron chi connectivity index (χ2n) is 5.52. The molecule has 2 rings (SSSR count). The lowest BCUT2D eigenvalue weighted by molar-refractivity contribution is -0.149. The van der Waals surface area contributed by atoms with Crippen LogP contribution in [0.5, 0.6) is 0 Å². The predicted octanol–water partition coefficient (Wildman–Crippen LogP) is -0.0956. The molecular weight excluding hydrogens is 230 g/mol. The van der Waals surface area contributed by atoms with Gasteiger partial charge in [-0.05, 0) is 25.3 Å². The van der Waals surface area contributed by atoms with Crippen LogP contribution in [0.3, 0.4) is 0 Å². The Labute approximate surface area is 109 Å². The molecule has 1 saturated heterocycles. The minimum atomic E-state index is -0.789. The van der Waals surface area contributed by atoms with Crippen molar-refractivity contribution in [2.75, 3.05) is 46.4 Å². The molecule has 1 atom stereocenters. The summed E-state index contributed by atoms with van der Waals surface area (Å²) in [5.41, 5.74) is 5.54. The Balaban J connectivity index is 1.92. The molecule has 1 unspecified atom stereocenters. The molecule has 5 heteroatoms. The number of likely N-dealkylation sites (N-methyl/N-ethyl adjacent to an activating group) is 1. The van der Waals surface area contributed by atoms with Crippen molar-refractivity contribution in [2.45, 2.75) is 25.3 Å². The maximum Gasteiger partial charge on any atom is 0.327 e. The molecule has 0 radical (unpaired) electrons. The van der Waals surface area contributed by atoms with Crippen molar-refractivity contribution in [1.82, 2.24) is 9.80 Å². The SMILES string of the molecule is CCN1CCN(CC(N)(C(=O)OC)C2CC2)CC1. The Hall–Kier alpha value is -0.650. The van der Waals surface area contributed by atoms with E-state index in [1.54, 1.807) is 0 Å². The summed E-state index contributed by atoms with van der Waals surface area (Å²) < 4.78 is 4.90. The highest BCUT2D eigenvalue weighted by Crippen LogP contribution is 2.39. The largest absolute Gasteiger partial charge is 0.468 e. The molecule has 0 aromatic rings. The van der Waals surface area contributed by atoms with Gasteiger partial charge in [0, 0.05) is 32.7 Å². The zero-order valence-corrected chi connectivity index (χ0v) is 11.5. The molecule has 0 bridgehead atoms. The molecule has 1 heterocycles. The molecule has 18 heavy (non-hydrogen) atoms. The highest BCUT2D eigenvalue weighted by molar-refractivity contribution is 5.81. The first-order valence-electron chi connectivity index (χ1n) is 6.92. The summed E-state index contributed by atoms with van der Waals surface area (Å²) in [6.07, 6.45) is 2.11. The third-order valence-corrected chi connectivity index (χ3v) is 4.27. The molecule has 0 aromatic heterocycles. The first kappa shape index (κ1) is 13.8. The Morgan fingerprint density at radius 1 is 1.28 bits per heavy atom. The molecular formula is C13H25N3O2. The van der Waals surface area contributed by atoms with Crippen LogP contribution in [-0.4, -0.2) is 67.7 Å². The monoisotopic (exact) mass is 255 g/mol. The van der Waals surface area contributed by atoms with Crippen LogP contribution in [0.1, 0.15) is 19.8 Å². The van der Waals surface area contributed by atoms with Gasteiger partial charge in [-0.3, -0.25) is 9.69 Å². The topological polar surface area (TPSA) is 58.8 Å². The number of carbonyl (C=O) groups excluding carboxylic acids is 1. The van der Waals surface area contributed by atoms with Gasteiger partial charge in [-0.2, -0.15) is 0 Å². The molecule has 1 aliphatic carbocycles. The Morgan fingerprint density at radius 3 is 2.28 bits per heavy atom. The summed E-state index contributed by atoms with van der Waals surface area (Å²) in [4.78, 5) is 16.7. The quantitative estimate of drug-likeness (QED) is 0.696. The molecule has 5 nitrogen and oxygen atoms in total. The normalized spacial score (nSPS) is 25.7. The van der Waals surface area contributed by atoms with Crippen molar-refractivity contribution in [3.8, 4) is 0 Å². The van der Waals surface area contributed by atoms with E-state index >= 15 is 0 Å². The summed E-state index contributed by atoms with van der Waals surface area (Å²) in [5, 5.41) is 0. The van der Waals surface area contributed by atoms with E-state index in [4.69, 9.17) is 10.5 Å². The number of nitrogens with two attached hydrogens (primary N) is 1. The number of hydrogen-bond donors (Lipinski definition) is 1. The third kappa shape index (κ3) is 2.84. The number of rotatable bonds is 5. The average Bonchev–Trinajstić information content (AvgIpc) is 3.23. The summed E-state index contributed by atoms with van der Waals surface area (Å²) in [7, 11) is 1.43. The second-order valence-corrected chi connectivity index (χ2v) is 5.52. The van der Waals surface area contributed by atoms with Gasteiger partial charge in [-0.25, -0.2) is 0 Å². The molecule has 104 valence electrons. The first-order valence-corrected chi connectivity index (χ1v) is 6.92. The zero-order chi connectivity index (χ0) is 13.2. The van der Waals surface area contributed by atoms with Gasteiger partial charge in [0.15, 0.2) is 0 Å². The molecule has 0 spiro atoms. The van der Waals surface area contributed by atoms with E-state index < -0.39 is 5.54 Å². The van der Waals surface area contributed by atoms with Gasteiger partial charge in [0.2, 0.25) is 0 Å². The Kier molecular flexibility index (Phi) is 4.25. The molecule has 0 aromatic carbocycles. The van der Waals surface area contributed by atoms with E-state index in [1.807, 2.05) is 0 Å². The fourth-order valence-electron chi connectivity index (χ4n) is 2.78. The van der Waals surface area contributed by atoms with Gasteiger partial charge in [0.1, 0.15) is 5.54 Å². The minimum Gasteiger partial charge on any atom is -0.468 e. The number of piperazine rings is 1. The van der Waals surface area contributed by atoms with Crippen molar-refractivity contribution in [1.29, 1.82) is 0 Å². The number of esters is 1. The zero-order valence-electron chi connectivity index (χ0n) is 11.5. The first-order chi connectivity index (χ1) is 8.60. The molecule has 0 amide bonds. The van der Waals surface area contributed by atoms with Crippen molar-refractivity contribution in [2.24, 2.45) is 11.7 Å². The molecule has 2 N–H and O–H groups in total. The maximum absolute atomic E-state index is 11.9. The summed E-state index contributed by atoms with van der Waals surface area (Å²) in [6, 6.07) is 0. The van der Waals surface area contributed by atoms with Crippen LogP contribution in [0.4, 0.5) is 0 Å². The van der Waals surface area contributed by atoms with Gasteiger partial charge in [-0.1, -0.05) is 6.92 Å². The molecule has 1 saturated carbocycles. The van der Waals surface area contributed by atoms with Crippen LogP contribution in [-0.2, 0) is 9.53 Å². The lowest BCUT2D eigenvalue weighted by Crippen LogP contribution is -2.61. The van der Waals surface area contributed by atoms with Crippen LogP contribution < -0.4 is 5.73 Å². The highest BCUT2D eigenvalue weighted by Gasteiger charge is 2.49. The number of hydrogen-bond acceptors (Lipinski definition) is 5. The van der Waals surface area contributed by atoms with E-state index in [2.05, 4.69) is 16.7 Å². The van der Waals surface area contributed by atoms with Crippen LogP contribution >= 0.6 is 0 Å². The molecule has 2 fully saturated rings. The summed E-state index contributed by atoms with van der Waals surface area (Å²) >= 11 is 0. The van der Waals surface area contributed by atoms with Crippen LogP contribution in [0.2, 0.25) is 0 Å². The lowest BCUT2D eigenvalue weighted by Gasteiger charge is -2.38. The van der Waals surface area contributed by atoms with Crippen LogP contribution in [0.15, 0.2) is 0 Å². The summed E-state index contributed by atoms with van der Waals surface area (Å²) in [5.74, 6) is 0.0667. The minimum absolute atomic E-state index is 0.247. The standard InChI is InChI=1S/C13H25N3O2/c1-3-15-6-8-16(9-7-15)10-13(14,11-4-5-11)12(17)18-2/h11H,3-10,14H2,1-2H3. The van der Waals surface area contributed by atoms with E-state index in [1.165, 1.54) is 7.11 Å². The van der Waals surface area contributed by atoms with Crippen molar-refractivity contribution in [3.63, 3.8) is 0 Å². The molecule has 2 aliphatic rings. The number of ether oxygens (including phenoxy) is 1.